The van der Waals surface area contributed by atoms with E-state index < -0.39 is 23.3 Å². The molecule has 0 aromatic heterocycles. The van der Waals surface area contributed by atoms with E-state index in [2.05, 4.69) is 0 Å². The number of ether oxygens (including phenoxy) is 1. The van der Waals surface area contributed by atoms with E-state index in [-0.39, 0.29) is 17.5 Å². The van der Waals surface area contributed by atoms with Crippen molar-refractivity contribution in [3.63, 3.8) is 0 Å². The van der Waals surface area contributed by atoms with Crippen molar-refractivity contribution in [2.75, 3.05) is 6.61 Å². The van der Waals surface area contributed by atoms with Crippen LogP contribution in [-0.2, 0) is 10.3 Å². The fourth-order valence-electron chi connectivity index (χ4n) is 2.07. The SMILES string of the molecule is Cc1ccc(C2(O)CCOC2C)c(F)c1F. The lowest BCUT2D eigenvalue weighted by atomic mass is 9.87. The normalized spacial score (nSPS) is 29.7. The minimum Gasteiger partial charge on any atom is -0.382 e. The molecule has 1 heterocycles. The number of hydrogen-bond donors (Lipinski definition) is 1. The molecular weight excluding hydrogens is 214 g/mol. The second-order valence-electron chi connectivity index (χ2n) is 4.25. The Morgan fingerprint density at radius 2 is 2.06 bits per heavy atom. The van der Waals surface area contributed by atoms with Gasteiger partial charge in [0.25, 0.3) is 0 Å². The number of aliphatic hydroxyl groups is 1. The summed E-state index contributed by atoms with van der Waals surface area (Å²) in [6.45, 7) is 3.50. The molecule has 1 aromatic rings. The fourth-order valence-corrected chi connectivity index (χ4v) is 2.07. The number of halogens is 2. The van der Waals surface area contributed by atoms with E-state index in [0.717, 1.165) is 0 Å². The summed E-state index contributed by atoms with van der Waals surface area (Å²) in [5, 5.41) is 10.3. The summed E-state index contributed by atoms with van der Waals surface area (Å²) in [4.78, 5) is 0. The summed E-state index contributed by atoms with van der Waals surface area (Å²) in [6, 6.07) is 2.90. The van der Waals surface area contributed by atoms with E-state index in [1.807, 2.05) is 0 Å². The first-order valence-corrected chi connectivity index (χ1v) is 5.26. The Labute approximate surface area is 92.9 Å². The van der Waals surface area contributed by atoms with Gasteiger partial charge in [0.05, 0.1) is 12.7 Å². The van der Waals surface area contributed by atoms with Crippen molar-refractivity contribution in [2.24, 2.45) is 0 Å². The summed E-state index contributed by atoms with van der Waals surface area (Å²) in [6.07, 6.45) is -0.239. The van der Waals surface area contributed by atoms with Crippen molar-refractivity contribution in [3.05, 3.63) is 34.9 Å². The van der Waals surface area contributed by atoms with Crippen LogP contribution >= 0.6 is 0 Å². The minimum absolute atomic E-state index is 0.0133. The predicted octanol–water partition coefficient (Wildman–Crippen LogP) is 2.27. The Kier molecular flexibility index (Phi) is 2.72. The van der Waals surface area contributed by atoms with Crippen LogP contribution in [0.1, 0.15) is 24.5 Å². The van der Waals surface area contributed by atoms with Gasteiger partial charge in [0.1, 0.15) is 5.60 Å². The first-order valence-electron chi connectivity index (χ1n) is 5.26. The van der Waals surface area contributed by atoms with Gasteiger partial charge in [-0.25, -0.2) is 8.78 Å². The van der Waals surface area contributed by atoms with E-state index in [0.29, 0.717) is 6.61 Å². The zero-order chi connectivity index (χ0) is 11.9. The summed E-state index contributed by atoms with van der Waals surface area (Å²) in [5.74, 6) is -1.87. The van der Waals surface area contributed by atoms with E-state index in [9.17, 15) is 13.9 Å². The lowest BCUT2D eigenvalue weighted by Crippen LogP contribution is -2.34. The molecule has 2 unspecified atom stereocenters. The summed E-state index contributed by atoms with van der Waals surface area (Å²) in [7, 11) is 0. The van der Waals surface area contributed by atoms with E-state index in [1.54, 1.807) is 6.92 Å². The monoisotopic (exact) mass is 228 g/mol. The summed E-state index contributed by atoms with van der Waals surface area (Å²) in [5.41, 5.74) is -1.20. The van der Waals surface area contributed by atoms with Crippen LogP contribution in [0.5, 0.6) is 0 Å². The van der Waals surface area contributed by atoms with Gasteiger partial charge >= 0.3 is 0 Å². The van der Waals surface area contributed by atoms with Crippen LogP contribution in [0.2, 0.25) is 0 Å². The number of benzene rings is 1. The maximum absolute atomic E-state index is 13.7. The molecule has 0 amide bonds. The van der Waals surface area contributed by atoms with Crippen molar-refractivity contribution in [3.8, 4) is 0 Å². The molecule has 0 radical (unpaired) electrons. The number of hydrogen-bond acceptors (Lipinski definition) is 2. The Morgan fingerprint density at radius 1 is 1.38 bits per heavy atom. The lowest BCUT2D eigenvalue weighted by Gasteiger charge is -2.27. The number of aryl methyl sites for hydroxylation is 1. The highest BCUT2D eigenvalue weighted by Gasteiger charge is 2.43. The molecule has 1 N–H and O–H groups in total. The van der Waals surface area contributed by atoms with E-state index in [1.165, 1.54) is 19.1 Å². The molecule has 1 aliphatic rings. The van der Waals surface area contributed by atoms with Gasteiger partial charge in [-0.3, -0.25) is 0 Å². The largest absolute Gasteiger partial charge is 0.382 e. The third-order valence-corrected chi connectivity index (χ3v) is 3.27. The zero-order valence-corrected chi connectivity index (χ0v) is 9.26. The van der Waals surface area contributed by atoms with Crippen molar-refractivity contribution >= 4 is 0 Å². The number of rotatable bonds is 1. The highest BCUT2D eigenvalue weighted by Crippen LogP contribution is 2.37. The van der Waals surface area contributed by atoms with E-state index >= 15 is 0 Å². The molecule has 16 heavy (non-hydrogen) atoms. The fraction of sp³-hybridized carbons (Fsp3) is 0.500. The Hall–Kier alpha value is -1.00. The Balaban J connectivity index is 2.52. The molecule has 1 fully saturated rings. The van der Waals surface area contributed by atoms with Gasteiger partial charge < -0.3 is 9.84 Å². The van der Waals surface area contributed by atoms with Crippen LogP contribution in [0.25, 0.3) is 0 Å². The lowest BCUT2D eigenvalue weighted by molar-refractivity contribution is -0.0343. The molecule has 2 nitrogen and oxygen atoms in total. The molecule has 2 rings (SSSR count). The molecule has 4 heteroatoms. The summed E-state index contributed by atoms with van der Waals surface area (Å²) < 4.78 is 32.4. The van der Waals surface area contributed by atoms with E-state index in [4.69, 9.17) is 4.74 Å². The molecule has 1 saturated heterocycles. The van der Waals surface area contributed by atoms with Gasteiger partial charge in [-0.2, -0.15) is 0 Å². The quantitative estimate of drug-likeness (QED) is 0.799. The van der Waals surface area contributed by atoms with Crippen molar-refractivity contribution in [1.29, 1.82) is 0 Å². The van der Waals surface area contributed by atoms with Gasteiger partial charge in [-0.1, -0.05) is 12.1 Å². The molecule has 0 saturated carbocycles. The average Bonchev–Trinajstić information content (AvgIpc) is 2.57. The second-order valence-corrected chi connectivity index (χ2v) is 4.25. The second kappa shape index (κ2) is 3.79. The predicted molar refractivity (Wildman–Crippen MR) is 55.0 cm³/mol. The van der Waals surface area contributed by atoms with Crippen molar-refractivity contribution in [1.82, 2.24) is 0 Å². The third-order valence-electron chi connectivity index (χ3n) is 3.27. The van der Waals surface area contributed by atoms with Crippen LogP contribution in [-0.4, -0.2) is 17.8 Å². The molecule has 0 bridgehead atoms. The smallest absolute Gasteiger partial charge is 0.165 e. The van der Waals surface area contributed by atoms with Crippen LogP contribution in [0.15, 0.2) is 12.1 Å². The maximum Gasteiger partial charge on any atom is 0.165 e. The Bertz CT molecular complexity index is 420. The molecule has 2 atom stereocenters. The topological polar surface area (TPSA) is 29.5 Å². The molecule has 88 valence electrons. The standard InChI is InChI=1S/C12H14F2O2/c1-7-3-4-9(11(14)10(7)13)12(15)5-6-16-8(12)2/h3-4,8,15H,5-6H2,1-2H3. The minimum atomic E-state index is -1.42. The van der Waals surface area contributed by atoms with Crippen molar-refractivity contribution in [2.45, 2.75) is 32.0 Å². The molecule has 1 aromatic carbocycles. The highest BCUT2D eigenvalue weighted by molar-refractivity contribution is 5.31. The average molecular weight is 228 g/mol. The van der Waals surface area contributed by atoms with Crippen LogP contribution in [0.4, 0.5) is 8.78 Å². The van der Waals surface area contributed by atoms with Gasteiger partial charge in [0.15, 0.2) is 11.6 Å². The molecule has 0 spiro atoms. The van der Waals surface area contributed by atoms with Crippen molar-refractivity contribution < 1.29 is 18.6 Å². The third kappa shape index (κ3) is 1.53. The van der Waals surface area contributed by atoms with Crippen LogP contribution in [0, 0.1) is 18.6 Å². The Morgan fingerprint density at radius 3 is 2.62 bits per heavy atom. The molecule has 1 aliphatic heterocycles. The molecule has 0 aliphatic carbocycles. The van der Waals surface area contributed by atoms with Gasteiger partial charge in [0.2, 0.25) is 0 Å². The maximum atomic E-state index is 13.7. The van der Waals surface area contributed by atoms with Crippen LogP contribution < -0.4 is 0 Å². The zero-order valence-electron chi connectivity index (χ0n) is 9.26. The highest BCUT2D eigenvalue weighted by atomic mass is 19.2. The first-order chi connectivity index (χ1) is 7.47. The van der Waals surface area contributed by atoms with Gasteiger partial charge in [-0.05, 0) is 19.4 Å². The van der Waals surface area contributed by atoms with Gasteiger partial charge in [0, 0.05) is 12.0 Å². The summed E-state index contributed by atoms with van der Waals surface area (Å²) >= 11 is 0. The van der Waals surface area contributed by atoms with Gasteiger partial charge in [-0.15, -0.1) is 0 Å². The molecular formula is C12H14F2O2. The van der Waals surface area contributed by atoms with Crippen LogP contribution in [0.3, 0.4) is 0 Å². The first kappa shape index (κ1) is 11.5.